The Hall–Kier alpha value is -1.63. The van der Waals surface area contributed by atoms with Crippen molar-refractivity contribution in [3.8, 4) is 11.5 Å². The molecule has 3 rings (SSSR count). The molecule has 2 heterocycles. The number of aromatic nitrogens is 5. The van der Waals surface area contributed by atoms with Gasteiger partial charge in [-0.2, -0.15) is 0 Å². The Balaban J connectivity index is 1.89. The van der Waals surface area contributed by atoms with E-state index in [1.165, 1.54) is 0 Å². The highest BCUT2D eigenvalue weighted by Gasteiger charge is 2.19. The molecule has 0 amide bonds. The van der Waals surface area contributed by atoms with Gasteiger partial charge in [-0.3, -0.25) is 4.98 Å². The second-order valence-corrected chi connectivity index (χ2v) is 7.22. The summed E-state index contributed by atoms with van der Waals surface area (Å²) in [6.45, 7) is 4.87. The lowest BCUT2D eigenvalue weighted by atomic mass is 10.2. The minimum absolute atomic E-state index is 0.110. The van der Waals surface area contributed by atoms with Gasteiger partial charge in [0.05, 0.1) is 6.20 Å². The van der Waals surface area contributed by atoms with Crippen LogP contribution in [0.2, 0.25) is 10.0 Å². The summed E-state index contributed by atoms with van der Waals surface area (Å²) in [6, 6.07) is 5.54. The minimum atomic E-state index is 0.110. The van der Waals surface area contributed by atoms with Crippen LogP contribution in [0.1, 0.15) is 24.7 Å². The smallest absolute Gasteiger partial charge is 0.192 e. The van der Waals surface area contributed by atoms with E-state index in [4.69, 9.17) is 23.2 Å². The first-order valence-corrected chi connectivity index (χ1v) is 9.05. The quantitative estimate of drug-likeness (QED) is 0.589. The lowest BCUT2D eigenvalue weighted by molar-refractivity contribution is 0.684. The van der Waals surface area contributed by atoms with Crippen molar-refractivity contribution in [2.45, 2.75) is 30.8 Å². The fourth-order valence-electron chi connectivity index (χ4n) is 2.32. The molecule has 0 radical (unpaired) electrons. The lowest BCUT2D eigenvalue weighted by Gasteiger charge is -2.14. The Bertz CT molecular complexity index is 838. The van der Waals surface area contributed by atoms with Gasteiger partial charge in [-0.25, -0.2) is 4.98 Å². The van der Waals surface area contributed by atoms with E-state index in [1.807, 2.05) is 23.6 Å². The molecule has 0 N–H and O–H groups in total. The minimum Gasteiger partial charge on any atom is -0.301 e. The van der Waals surface area contributed by atoms with E-state index >= 15 is 0 Å². The maximum Gasteiger partial charge on any atom is 0.192 e. The number of benzene rings is 1. The van der Waals surface area contributed by atoms with Gasteiger partial charge in [-0.05, 0) is 31.5 Å². The van der Waals surface area contributed by atoms with Crippen molar-refractivity contribution in [2.75, 3.05) is 0 Å². The second kappa shape index (κ2) is 7.51. The monoisotopic (exact) mass is 379 g/mol. The predicted molar refractivity (Wildman–Crippen MR) is 97.5 cm³/mol. The van der Waals surface area contributed by atoms with Crippen molar-refractivity contribution in [1.82, 2.24) is 24.7 Å². The number of nitrogens with zero attached hydrogens (tertiary/aromatic N) is 5. The van der Waals surface area contributed by atoms with Gasteiger partial charge in [0.25, 0.3) is 0 Å². The molecular weight excluding hydrogens is 365 g/mol. The Kier molecular flexibility index (Phi) is 5.38. The highest BCUT2D eigenvalue weighted by Crippen LogP contribution is 2.38. The van der Waals surface area contributed by atoms with Crippen LogP contribution in [0.25, 0.3) is 11.5 Å². The van der Waals surface area contributed by atoms with Crippen LogP contribution in [0.15, 0.2) is 41.9 Å². The summed E-state index contributed by atoms with van der Waals surface area (Å²) in [6.07, 6.45) is 4.97. The Labute approximate surface area is 154 Å². The SMILES string of the molecule is CCn1c(S[C@H](C)c2ccc(Cl)cc2Cl)nnc1-c1cnccn1. The highest BCUT2D eigenvalue weighted by molar-refractivity contribution is 7.99. The zero-order valence-electron chi connectivity index (χ0n) is 13.1. The zero-order chi connectivity index (χ0) is 17.1. The fraction of sp³-hybridized carbons (Fsp3) is 0.250. The molecule has 0 fully saturated rings. The molecule has 8 heteroatoms. The average molecular weight is 380 g/mol. The van der Waals surface area contributed by atoms with Crippen LogP contribution in [0, 0.1) is 0 Å². The number of hydrogen-bond acceptors (Lipinski definition) is 5. The molecule has 0 saturated heterocycles. The summed E-state index contributed by atoms with van der Waals surface area (Å²) in [5.41, 5.74) is 1.72. The Morgan fingerprint density at radius 3 is 2.71 bits per heavy atom. The van der Waals surface area contributed by atoms with Crippen molar-refractivity contribution in [1.29, 1.82) is 0 Å². The van der Waals surface area contributed by atoms with Crippen LogP contribution in [0.3, 0.4) is 0 Å². The molecule has 124 valence electrons. The molecule has 0 spiro atoms. The molecule has 0 aliphatic rings. The van der Waals surface area contributed by atoms with Gasteiger partial charge in [0.15, 0.2) is 11.0 Å². The molecule has 0 unspecified atom stereocenters. The first-order chi connectivity index (χ1) is 11.6. The highest BCUT2D eigenvalue weighted by atomic mass is 35.5. The van der Waals surface area contributed by atoms with Crippen LogP contribution < -0.4 is 0 Å². The lowest BCUT2D eigenvalue weighted by Crippen LogP contribution is -2.02. The van der Waals surface area contributed by atoms with E-state index < -0.39 is 0 Å². The van der Waals surface area contributed by atoms with Gasteiger partial charge in [-0.15, -0.1) is 10.2 Å². The topological polar surface area (TPSA) is 56.5 Å². The summed E-state index contributed by atoms with van der Waals surface area (Å²) >= 11 is 13.9. The molecular formula is C16H15Cl2N5S. The molecule has 24 heavy (non-hydrogen) atoms. The largest absolute Gasteiger partial charge is 0.301 e. The average Bonchev–Trinajstić information content (AvgIpc) is 2.98. The number of thioether (sulfide) groups is 1. The third-order valence-corrected chi connectivity index (χ3v) is 5.19. The fourth-order valence-corrected chi connectivity index (χ4v) is 4.03. The summed E-state index contributed by atoms with van der Waals surface area (Å²) in [5.74, 6) is 0.711. The van der Waals surface area contributed by atoms with Crippen LogP contribution in [0.5, 0.6) is 0 Å². The van der Waals surface area contributed by atoms with Gasteiger partial charge in [0.2, 0.25) is 0 Å². The first kappa shape index (κ1) is 17.2. The summed E-state index contributed by atoms with van der Waals surface area (Å²) in [4.78, 5) is 8.39. The summed E-state index contributed by atoms with van der Waals surface area (Å²) in [7, 11) is 0. The Morgan fingerprint density at radius 1 is 1.21 bits per heavy atom. The van der Waals surface area contributed by atoms with E-state index in [2.05, 4.69) is 27.1 Å². The van der Waals surface area contributed by atoms with E-state index in [9.17, 15) is 0 Å². The second-order valence-electron chi connectivity index (χ2n) is 5.07. The van der Waals surface area contributed by atoms with E-state index in [-0.39, 0.29) is 5.25 Å². The van der Waals surface area contributed by atoms with Gasteiger partial charge < -0.3 is 4.57 Å². The molecule has 1 aromatic carbocycles. The normalized spacial score (nSPS) is 12.3. The molecule has 2 aromatic heterocycles. The Morgan fingerprint density at radius 2 is 2.04 bits per heavy atom. The van der Waals surface area contributed by atoms with Crippen LogP contribution >= 0.6 is 35.0 Å². The molecule has 1 atom stereocenters. The van der Waals surface area contributed by atoms with Crippen molar-refractivity contribution < 1.29 is 0 Å². The third-order valence-electron chi connectivity index (χ3n) is 3.51. The maximum absolute atomic E-state index is 6.31. The van der Waals surface area contributed by atoms with Gasteiger partial charge in [0.1, 0.15) is 5.69 Å². The molecule has 0 saturated carbocycles. The van der Waals surface area contributed by atoms with Gasteiger partial charge in [0, 0.05) is 34.2 Å². The molecule has 0 aliphatic carbocycles. The van der Waals surface area contributed by atoms with Crippen molar-refractivity contribution in [2.24, 2.45) is 0 Å². The van der Waals surface area contributed by atoms with Crippen LogP contribution in [-0.4, -0.2) is 24.7 Å². The molecule has 5 nitrogen and oxygen atoms in total. The van der Waals surface area contributed by atoms with Gasteiger partial charge in [-0.1, -0.05) is 41.0 Å². The third kappa shape index (κ3) is 3.55. The zero-order valence-corrected chi connectivity index (χ0v) is 15.5. The number of rotatable bonds is 5. The first-order valence-electron chi connectivity index (χ1n) is 7.41. The number of halogens is 2. The summed E-state index contributed by atoms with van der Waals surface area (Å²) < 4.78 is 2.02. The predicted octanol–water partition coefficient (Wildman–Crippen LogP) is 4.92. The van der Waals surface area contributed by atoms with E-state index in [1.54, 1.807) is 36.4 Å². The van der Waals surface area contributed by atoms with Crippen molar-refractivity contribution in [3.63, 3.8) is 0 Å². The maximum atomic E-state index is 6.31. The van der Waals surface area contributed by atoms with Gasteiger partial charge >= 0.3 is 0 Å². The van der Waals surface area contributed by atoms with E-state index in [0.717, 1.165) is 17.3 Å². The molecule has 0 bridgehead atoms. The van der Waals surface area contributed by atoms with Crippen LogP contribution in [0.4, 0.5) is 0 Å². The molecule has 0 aliphatic heterocycles. The standard InChI is InChI=1S/C16H15Cl2N5S/c1-3-23-15(14-9-19-6-7-20-14)21-22-16(23)24-10(2)12-5-4-11(17)8-13(12)18/h4-10H,3H2,1-2H3/t10-/m1/s1. The van der Waals surface area contributed by atoms with Crippen LogP contribution in [-0.2, 0) is 6.54 Å². The summed E-state index contributed by atoms with van der Waals surface area (Å²) in [5, 5.41) is 10.8. The van der Waals surface area contributed by atoms with Crippen molar-refractivity contribution in [3.05, 3.63) is 52.4 Å². The number of hydrogen-bond donors (Lipinski definition) is 0. The van der Waals surface area contributed by atoms with E-state index in [0.29, 0.717) is 21.6 Å². The molecule has 3 aromatic rings. The van der Waals surface area contributed by atoms with Crippen molar-refractivity contribution >= 4 is 35.0 Å².